The zero-order chi connectivity index (χ0) is 57.1. The predicted octanol–water partition coefficient (Wildman–Crippen LogP) is 15.8. The molecule has 0 aromatic rings. The first-order valence-corrected chi connectivity index (χ1v) is 33.1. The van der Waals surface area contributed by atoms with Crippen molar-refractivity contribution >= 4 is 17.8 Å². The fourth-order valence-corrected chi connectivity index (χ4v) is 10.3. The first-order chi connectivity index (χ1) is 38.3. The maximum atomic E-state index is 14.4. The van der Waals surface area contributed by atoms with Crippen LogP contribution >= 0.6 is 0 Å². The summed E-state index contributed by atoms with van der Waals surface area (Å²) >= 11 is 0. The summed E-state index contributed by atoms with van der Waals surface area (Å²) < 4.78 is 40.9. The van der Waals surface area contributed by atoms with Crippen molar-refractivity contribution in [1.29, 1.82) is 0 Å². The lowest BCUT2D eigenvalue weighted by Gasteiger charge is -2.30. The van der Waals surface area contributed by atoms with Gasteiger partial charge in [-0.3, -0.25) is 14.4 Å². The molecule has 464 valence electrons. The summed E-state index contributed by atoms with van der Waals surface area (Å²) in [6.45, 7) is 17.1. The lowest BCUT2D eigenvalue weighted by Crippen LogP contribution is -2.45. The minimum Gasteiger partial charge on any atom is -0.481 e. The van der Waals surface area contributed by atoms with Gasteiger partial charge in [0.1, 0.15) is 0 Å². The number of aliphatic hydroxyl groups is 1. The number of amides is 1. The van der Waals surface area contributed by atoms with Gasteiger partial charge in [-0.1, -0.05) is 221 Å². The van der Waals surface area contributed by atoms with E-state index in [4.69, 9.17) is 38.3 Å². The lowest BCUT2D eigenvalue weighted by atomic mass is 9.74. The SMILES string of the molecule is CCCCCCCCC(CCCCCC)C(=O)OCCCCCCOC(COCCCCCCC(CCCCCC)(CCCCCCCC)C(=O)O)C(=O)N(CCCCCCCC)CCOCCOCCOCCOCCO. The Morgan fingerprint density at radius 3 is 1.27 bits per heavy atom. The summed E-state index contributed by atoms with van der Waals surface area (Å²) in [6.07, 6.45) is 40.8. The van der Waals surface area contributed by atoms with Gasteiger partial charge in [-0.15, -0.1) is 0 Å². The third kappa shape index (κ3) is 46.7. The number of carboxylic acids is 1. The van der Waals surface area contributed by atoms with Gasteiger partial charge in [-0.2, -0.15) is 0 Å². The largest absolute Gasteiger partial charge is 0.481 e. The standard InChI is InChI=1S/C65H127NO12/c1-6-11-16-21-24-32-41-60(40-31-19-14-9-4)63(69)78-50-39-30-29-38-49-77-61(59-76-48-37-28-26-35-44-65(64(70)71,42-33-20-15-10-5)43-34-25-22-17-12-7-2)62(68)66(45-36-27-23-18-13-8-3)46-51-72-53-55-74-57-58-75-56-54-73-52-47-67/h60-61,67H,6-59H2,1-5H3,(H,70,71). The molecule has 0 saturated heterocycles. The number of rotatable bonds is 65. The van der Waals surface area contributed by atoms with Crippen LogP contribution in [0, 0.1) is 11.3 Å². The lowest BCUT2D eigenvalue weighted by molar-refractivity contribution is -0.151. The van der Waals surface area contributed by atoms with Crippen LogP contribution < -0.4 is 0 Å². The van der Waals surface area contributed by atoms with E-state index in [9.17, 15) is 19.5 Å². The van der Waals surface area contributed by atoms with Crippen LogP contribution in [0.1, 0.15) is 285 Å². The van der Waals surface area contributed by atoms with Gasteiger partial charge < -0.3 is 48.3 Å². The zero-order valence-electron chi connectivity index (χ0n) is 51.8. The molecule has 0 saturated carbocycles. The van der Waals surface area contributed by atoms with E-state index in [0.717, 1.165) is 154 Å². The number of hydrogen-bond donors (Lipinski definition) is 2. The molecule has 0 aromatic heterocycles. The molecule has 0 fully saturated rings. The Kier molecular flexibility index (Phi) is 58.3. The van der Waals surface area contributed by atoms with Gasteiger partial charge in [0.05, 0.1) is 84.0 Å². The highest BCUT2D eigenvalue weighted by molar-refractivity contribution is 5.81. The van der Waals surface area contributed by atoms with Crippen LogP contribution in [0.25, 0.3) is 0 Å². The Balaban J connectivity index is 5.54. The molecule has 0 spiro atoms. The Labute approximate surface area is 480 Å². The van der Waals surface area contributed by atoms with Gasteiger partial charge in [0.25, 0.3) is 5.91 Å². The van der Waals surface area contributed by atoms with Gasteiger partial charge in [-0.25, -0.2) is 0 Å². The van der Waals surface area contributed by atoms with E-state index < -0.39 is 17.5 Å². The molecule has 78 heavy (non-hydrogen) atoms. The van der Waals surface area contributed by atoms with E-state index in [1.54, 1.807) is 0 Å². The summed E-state index contributed by atoms with van der Waals surface area (Å²) in [4.78, 5) is 42.4. The van der Waals surface area contributed by atoms with Crippen LogP contribution in [0.3, 0.4) is 0 Å². The van der Waals surface area contributed by atoms with Gasteiger partial charge in [0.2, 0.25) is 0 Å². The minimum atomic E-state index is -0.727. The number of aliphatic carboxylic acids is 1. The molecule has 0 rings (SSSR count). The van der Waals surface area contributed by atoms with E-state index in [1.165, 1.54) is 96.3 Å². The molecule has 0 aromatic carbocycles. The van der Waals surface area contributed by atoms with E-state index in [0.29, 0.717) is 85.8 Å². The number of aliphatic hydroxyl groups excluding tert-OH is 1. The number of hydrogen-bond acceptors (Lipinski definition) is 11. The monoisotopic (exact) mass is 1110 g/mol. The number of esters is 1. The van der Waals surface area contributed by atoms with Crippen LogP contribution in [0.4, 0.5) is 0 Å². The molecular weight excluding hydrogens is 987 g/mol. The van der Waals surface area contributed by atoms with E-state index in [2.05, 4.69) is 34.6 Å². The second-order valence-electron chi connectivity index (χ2n) is 22.5. The van der Waals surface area contributed by atoms with Crippen molar-refractivity contribution in [1.82, 2.24) is 4.90 Å². The van der Waals surface area contributed by atoms with Crippen LogP contribution in [-0.2, 0) is 47.5 Å². The van der Waals surface area contributed by atoms with Gasteiger partial charge >= 0.3 is 11.9 Å². The summed E-state index contributed by atoms with van der Waals surface area (Å²) in [5.41, 5.74) is -0.621. The Bertz CT molecular complexity index is 1280. The normalized spacial score (nSPS) is 13.2. The molecule has 1 amide bonds. The number of carboxylic acid groups (broad SMARTS) is 1. The average Bonchev–Trinajstić information content (AvgIpc) is 3.44. The number of carbonyl (C=O) groups is 3. The fraction of sp³-hybridized carbons (Fsp3) is 0.954. The Morgan fingerprint density at radius 2 is 0.782 bits per heavy atom. The third-order valence-corrected chi connectivity index (χ3v) is 15.4. The maximum absolute atomic E-state index is 14.4. The van der Waals surface area contributed by atoms with Crippen LogP contribution in [0.5, 0.6) is 0 Å². The highest BCUT2D eigenvalue weighted by Crippen LogP contribution is 2.38. The maximum Gasteiger partial charge on any atom is 0.309 e. The summed E-state index contributed by atoms with van der Waals surface area (Å²) in [7, 11) is 0. The molecule has 0 aliphatic rings. The second kappa shape index (κ2) is 59.7. The smallest absolute Gasteiger partial charge is 0.309 e. The summed E-state index contributed by atoms with van der Waals surface area (Å²) in [5.74, 6) is -0.668. The second-order valence-corrected chi connectivity index (χ2v) is 22.5. The van der Waals surface area contributed by atoms with Crippen molar-refractivity contribution in [2.45, 2.75) is 291 Å². The molecule has 0 aliphatic heterocycles. The summed E-state index contributed by atoms with van der Waals surface area (Å²) in [5, 5.41) is 19.4. The Hall–Kier alpha value is -1.87. The van der Waals surface area contributed by atoms with Crippen molar-refractivity contribution in [3.05, 3.63) is 0 Å². The number of carbonyl (C=O) groups excluding carboxylic acids is 2. The molecular formula is C65H127NO12. The molecule has 13 heteroatoms. The minimum absolute atomic E-state index is 0.000508. The van der Waals surface area contributed by atoms with Gasteiger partial charge in [-0.05, 0) is 64.2 Å². The van der Waals surface area contributed by atoms with Crippen LogP contribution in [-0.4, -0.2) is 138 Å². The van der Waals surface area contributed by atoms with E-state index in [1.807, 2.05) is 4.90 Å². The fourth-order valence-electron chi connectivity index (χ4n) is 10.3. The molecule has 0 radical (unpaired) electrons. The van der Waals surface area contributed by atoms with Crippen molar-refractivity contribution < 1.29 is 57.8 Å². The van der Waals surface area contributed by atoms with Crippen LogP contribution in [0.15, 0.2) is 0 Å². The molecule has 0 aliphatic carbocycles. The first-order valence-electron chi connectivity index (χ1n) is 33.1. The quantitative estimate of drug-likeness (QED) is 0.0439. The van der Waals surface area contributed by atoms with Gasteiger partial charge in [0.15, 0.2) is 6.10 Å². The zero-order valence-corrected chi connectivity index (χ0v) is 51.8. The van der Waals surface area contributed by atoms with E-state index >= 15 is 0 Å². The van der Waals surface area contributed by atoms with Gasteiger partial charge in [0, 0.05) is 26.3 Å². The third-order valence-electron chi connectivity index (χ3n) is 15.4. The molecule has 13 nitrogen and oxygen atoms in total. The molecule has 2 N–H and O–H groups in total. The number of unbranched alkanes of at least 4 members (excludes halogenated alkanes) is 27. The van der Waals surface area contributed by atoms with Crippen molar-refractivity contribution in [3.63, 3.8) is 0 Å². The topological polar surface area (TPSA) is 160 Å². The summed E-state index contributed by atoms with van der Waals surface area (Å²) in [6, 6.07) is 0. The molecule has 3 atom stereocenters. The average molecular weight is 1110 g/mol. The first kappa shape index (κ1) is 76.1. The van der Waals surface area contributed by atoms with Crippen molar-refractivity contribution in [3.8, 4) is 0 Å². The molecule has 0 heterocycles. The number of nitrogens with zero attached hydrogens (tertiary/aromatic N) is 1. The molecule has 0 bridgehead atoms. The predicted molar refractivity (Wildman–Crippen MR) is 320 cm³/mol. The number of ether oxygens (including phenoxy) is 7. The van der Waals surface area contributed by atoms with E-state index in [-0.39, 0.29) is 31.0 Å². The Morgan fingerprint density at radius 1 is 0.397 bits per heavy atom. The van der Waals surface area contributed by atoms with Crippen molar-refractivity contribution in [2.24, 2.45) is 11.3 Å². The van der Waals surface area contributed by atoms with Crippen LogP contribution in [0.2, 0.25) is 0 Å². The highest BCUT2D eigenvalue weighted by Gasteiger charge is 2.36. The highest BCUT2D eigenvalue weighted by atomic mass is 16.6. The molecule has 3 unspecified atom stereocenters. The van der Waals surface area contributed by atoms with Crippen molar-refractivity contribution in [2.75, 3.05) is 99.0 Å².